The Kier molecular flexibility index (Phi) is 3.01. The molecule has 130 valence electrons. The van der Waals surface area contributed by atoms with Crippen LogP contribution in [0, 0.1) is 0 Å². The van der Waals surface area contributed by atoms with Gasteiger partial charge in [0.15, 0.2) is 0 Å². The summed E-state index contributed by atoms with van der Waals surface area (Å²) in [4.78, 5) is 37.5. The fourth-order valence-corrected chi connectivity index (χ4v) is 4.16. The van der Waals surface area contributed by atoms with Crippen LogP contribution in [-0.4, -0.2) is 46.4 Å². The van der Waals surface area contributed by atoms with E-state index in [1.54, 1.807) is 0 Å². The number of benzene rings is 1. The fourth-order valence-electron chi connectivity index (χ4n) is 4.16. The number of piperidine rings is 1. The quantitative estimate of drug-likeness (QED) is 0.763. The van der Waals surface area contributed by atoms with Crippen molar-refractivity contribution < 1.29 is 19.1 Å². The number of amides is 3. The van der Waals surface area contributed by atoms with Crippen molar-refractivity contribution >= 4 is 17.7 Å². The second-order valence-corrected chi connectivity index (χ2v) is 7.29. The van der Waals surface area contributed by atoms with E-state index in [4.69, 9.17) is 4.74 Å². The first-order valence-electron chi connectivity index (χ1n) is 8.80. The van der Waals surface area contributed by atoms with Gasteiger partial charge in [-0.1, -0.05) is 12.1 Å². The van der Waals surface area contributed by atoms with Crippen LogP contribution in [0.4, 0.5) is 0 Å². The van der Waals surface area contributed by atoms with Crippen LogP contribution in [0.25, 0.3) is 0 Å². The third-order valence-corrected chi connectivity index (χ3v) is 5.65. The molecule has 0 unspecified atom stereocenters. The van der Waals surface area contributed by atoms with Crippen LogP contribution < -0.4 is 10.1 Å². The highest BCUT2D eigenvalue weighted by Gasteiger charge is 2.46. The maximum absolute atomic E-state index is 13.1. The van der Waals surface area contributed by atoms with Crippen molar-refractivity contribution in [3.05, 3.63) is 28.8 Å². The van der Waals surface area contributed by atoms with Gasteiger partial charge in [0.2, 0.25) is 11.8 Å². The Balaban J connectivity index is 1.52. The van der Waals surface area contributed by atoms with Gasteiger partial charge in [-0.3, -0.25) is 14.4 Å². The molecule has 2 saturated heterocycles. The molecule has 0 aliphatic carbocycles. The Bertz CT molecular complexity index is 799. The molecule has 0 aromatic heterocycles. The molecular weight excluding hydrogens is 322 g/mol. The van der Waals surface area contributed by atoms with Gasteiger partial charge in [0, 0.05) is 25.9 Å². The van der Waals surface area contributed by atoms with Crippen LogP contribution in [0.5, 0.6) is 5.75 Å². The van der Waals surface area contributed by atoms with E-state index in [2.05, 4.69) is 5.32 Å². The Hall–Kier alpha value is -2.41. The van der Waals surface area contributed by atoms with Crippen molar-refractivity contribution in [1.82, 2.24) is 15.3 Å². The molecule has 0 saturated carbocycles. The first kappa shape index (κ1) is 14.9. The predicted octanol–water partition coefficient (Wildman–Crippen LogP) is 0.763. The number of hydrazine groups is 1. The predicted molar refractivity (Wildman–Crippen MR) is 86.6 cm³/mol. The molecule has 4 aliphatic rings. The summed E-state index contributed by atoms with van der Waals surface area (Å²) in [6.07, 6.45) is 2.97. The Morgan fingerprint density at radius 2 is 1.72 bits per heavy atom. The molecule has 0 radical (unpaired) electrons. The lowest BCUT2D eigenvalue weighted by Gasteiger charge is -2.46. The van der Waals surface area contributed by atoms with Crippen LogP contribution in [0.15, 0.2) is 12.1 Å². The second kappa shape index (κ2) is 5.05. The van der Waals surface area contributed by atoms with Crippen molar-refractivity contribution in [3.8, 4) is 5.75 Å². The second-order valence-electron chi connectivity index (χ2n) is 7.29. The molecule has 1 aromatic carbocycles. The molecule has 3 amide bonds. The third-order valence-electron chi connectivity index (χ3n) is 5.65. The topological polar surface area (TPSA) is 79.0 Å². The summed E-state index contributed by atoms with van der Waals surface area (Å²) in [5, 5.41) is 5.57. The summed E-state index contributed by atoms with van der Waals surface area (Å²) >= 11 is 0. The van der Waals surface area contributed by atoms with Crippen molar-refractivity contribution in [1.29, 1.82) is 0 Å². The van der Waals surface area contributed by atoms with Gasteiger partial charge in [0.1, 0.15) is 11.4 Å². The fraction of sp³-hybridized carbons (Fsp3) is 0.500. The van der Waals surface area contributed by atoms with Gasteiger partial charge >= 0.3 is 0 Å². The molecule has 0 atom stereocenters. The van der Waals surface area contributed by atoms with Gasteiger partial charge in [0.25, 0.3) is 5.91 Å². The molecule has 0 bridgehead atoms. The summed E-state index contributed by atoms with van der Waals surface area (Å²) in [6, 6.07) is 3.93. The Morgan fingerprint density at radius 3 is 2.40 bits per heavy atom. The maximum Gasteiger partial charge on any atom is 0.277 e. The number of ether oxygens (including phenoxy) is 1. The molecule has 4 heterocycles. The van der Waals surface area contributed by atoms with Crippen molar-refractivity contribution in [2.24, 2.45) is 0 Å². The first-order valence-corrected chi connectivity index (χ1v) is 8.80. The maximum atomic E-state index is 13.1. The average molecular weight is 341 g/mol. The molecule has 5 rings (SSSR count). The lowest BCUT2D eigenvalue weighted by molar-refractivity contribution is -0.163. The Morgan fingerprint density at radius 1 is 1.00 bits per heavy atom. The van der Waals surface area contributed by atoms with Crippen LogP contribution in [0.2, 0.25) is 0 Å². The molecule has 7 heteroatoms. The van der Waals surface area contributed by atoms with E-state index in [1.165, 1.54) is 5.01 Å². The number of fused-ring (bicyclic) bond motifs is 3. The highest BCUT2D eigenvalue weighted by Crippen LogP contribution is 2.42. The van der Waals surface area contributed by atoms with Gasteiger partial charge in [-0.05, 0) is 30.4 Å². The van der Waals surface area contributed by atoms with Crippen molar-refractivity contribution in [3.63, 3.8) is 0 Å². The smallest absolute Gasteiger partial charge is 0.277 e. The minimum Gasteiger partial charge on any atom is -0.483 e. The van der Waals surface area contributed by atoms with E-state index in [1.807, 2.05) is 12.1 Å². The van der Waals surface area contributed by atoms with E-state index >= 15 is 0 Å². The van der Waals surface area contributed by atoms with Gasteiger partial charge in [0.05, 0.1) is 12.1 Å². The number of aryl methyl sites for hydroxylation is 1. The van der Waals surface area contributed by atoms with E-state index in [0.717, 1.165) is 42.1 Å². The van der Waals surface area contributed by atoms with E-state index in [0.29, 0.717) is 30.6 Å². The van der Waals surface area contributed by atoms with Crippen molar-refractivity contribution in [2.75, 3.05) is 13.1 Å². The molecule has 1 aromatic rings. The zero-order chi connectivity index (χ0) is 17.2. The normalized spacial score (nSPS) is 24.1. The minimum absolute atomic E-state index is 0.216. The van der Waals surface area contributed by atoms with E-state index in [-0.39, 0.29) is 29.9 Å². The number of nitrogens with zero attached hydrogens (tertiary/aromatic N) is 2. The zero-order valence-electron chi connectivity index (χ0n) is 13.8. The molecule has 1 spiro atoms. The van der Waals surface area contributed by atoms with Gasteiger partial charge in [-0.15, -0.1) is 0 Å². The number of carbonyl (C=O) groups excluding carboxylic acids is 3. The highest BCUT2D eigenvalue weighted by atomic mass is 16.5. The third kappa shape index (κ3) is 2.05. The van der Waals surface area contributed by atoms with Crippen LogP contribution in [-0.2, 0) is 22.6 Å². The van der Waals surface area contributed by atoms with Crippen LogP contribution in [0.3, 0.4) is 0 Å². The van der Waals surface area contributed by atoms with Gasteiger partial charge < -0.3 is 10.1 Å². The molecular formula is C18H19N3O4. The summed E-state index contributed by atoms with van der Waals surface area (Å²) in [7, 11) is 0. The standard InChI is InChI=1S/C18H19N3O4/c22-13-2-1-3-14(23)21(13)20-8-12-5-4-11-6-7-18(9-19-10-18)25-16(11)15(12)17(20)24/h4-5,19H,1-3,6-10H2. The lowest BCUT2D eigenvalue weighted by Crippen LogP contribution is -2.64. The molecule has 1 N–H and O–H groups in total. The monoisotopic (exact) mass is 341 g/mol. The van der Waals surface area contributed by atoms with Crippen LogP contribution in [0.1, 0.15) is 47.2 Å². The van der Waals surface area contributed by atoms with E-state index < -0.39 is 0 Å². The number of hydrogen-bond acceptors (Lipinski definition) is 5. The number of hydrogen-bond donors (Lipinski definition) is 1. The zero-order valence-corrected chi connectivity index (χ0v) is 13.8. The van der Waals surface area contributed by atoms with Crippen molar-refractivity contribution in [2.45, 2.75) is 44.2 Å². The molecule has 2 fully saturated rings. The summed E-state index contributed by atoms with van der Waals surface area (Å²) < 4.78 is 6.26. The summed E-state index contributed by atoms with van der Waals surface area (Å²) in [5.41, 5.74) is 2.16. The summed E-state index contributed by atoms with van der Waals surface area (Å²) in [5.74, 6) is -0.256. The number of nitrogens with one attached hydrogen (secondary N) is 1. The average Bonchev–Trinajstić information content (AvgIpc) is 2.90. The number of imide groups is 1. The molecule has 7 nitrogen and oxygen atoms in total. The largest absolute Gasteiger partial charge is 0.483 e. The highest BCUT2D eigenvalue weighted by molar-refractivity contribution is 6.06. The van der Waals surface area contributed by atoms with E-state index in [9.17, 15) is 14.4 Å². The first-order chi connectivity index (χ1) is 12.1. The molecule has 4 aliphatic heterocycles. The number of rotatable bonds is 1. The summed E-state index contributed by atoms with van der Waals surface area (Å²) in [6.45, 7) is 1.82. The molecule has 25 heavy (non-hydrogen) atoms. The number of carbonyl (C=O) groups is 3. The minimum atomic E-state index is -0.306. The van der Waals surface area contributed by atoms with Gasteiger partial charge in [-0.2, -0.15) is 5.01 Å². The lowest BCUT2D eigenvalue weighted by atomic mass is 9.85. The van der Waals surface area contributed by atoms with Gasteiger partial charge in [-0.25, -0.2) is 5.01 Å². The Labute approximate surface area is 144 Å². The van der Waals surface area contributed by atoms with Crippen LogP contribution >= 0.6 is 0 Å². The SMILES string of the molecule is O=C1c2c(ccc3c2OC2(CC3)CNC2)CN1N1C(=O)CCCC1=O.